The fourth-order valence-corrected chi connectivity index (χ4v) is 1.69. The summed E-state index contributed by atoms with van der Waals surface area (Å²) in [5, 5.41) is 13.6. The number of hydrogen-bond acceptors (Lipinski definition) is 4. The summed E-state index contributed by atoms with van der Waals surface area (Å²) in [5.74, 6) is 0.159. The molecule has 88 valence electrons. The Kier molecular flexibility index (Phi) is 3.19. The molecular weight excluding hydrogens is 236 g/mol. The van der Waals surface area contributed by atoms with E-state index in [1.807, 2.05) is 31.2 Å². The number of hydrogen-bond donors (Lipinski definition) is 2. The van der Waals surface area contributed by atoms with Crippen molar-refractivity contribution in [2.45, 2.75) is 12.7 Å². The molecule has 0 amide bonds. The Morgan fingerprint density at radius 2 is 2.00 bits per heavy atom. The van der Waals surface area contributed by atoms with Crippen LogP contribution in [0.25, 0.3) is 5.69 Å². The third-order valence-corrected chi connectivity index (χ3v) is 2.71. The molecule has 0 aliphatic carbocycles. The number of benzene rings is 1. The Balaban J connectivity index is 2.59. The van der Waals surface area contributed by atoms with Crippen LogP contribution in [0.4, 0.5) is 0 Å². The smallest absolute Gasteiger partial charge is 0.275 e. The summed E-state index contributed by atoms with van der Waals surface area (Å²) in [4.78, 5) is 11.7. The lowest BCUT2D eigenvalue weighted by Crippen LogP contribution is -2.21. The van der Waals surface area contributed by atoms with Crippen LogP contribution < -0.4 is 5.56 Å². The molecule has 1 aromatic heterocycles. The summed E-state index contributed by atoms with van der Waals surface area (Å²) in [7, 11) is 0. The lowest BCUT2D eigenvalue weighted by Gasteiger charge is -2.07. The Hall–Kier alpha value is -1.75. The summed E-state index contributed by atoms with van der Waals surface area (Å²) in [6.45, 7) is 1.97. The molecule has 5 heteroatoms. The van der Waals surface area contributed by atoms with Crippen LogP contribution in [-0.2, 0) is 5.75 Å². The van der Waals surface area contributed by atoms with Crippen LogP contribution in [0, 0.1) is 6.92 Å². The van der Waals surface area contributed by atoms with E-state index in [0.29, 0.717) is 11.4 Å². The van der Waals surface area contributed by atoms with Gasteiger partial charge in [0, 0.05) is 11.8 Å². The molecule has 0 saturated heterocycles. The van der Waals surface area contributed by atoms with Gasteiger partial charge in [0.25, 0.3) is 5.56 Å². The molecule has 2 rings (SSSR count). The Morgan fingerprint density at radius 1 is 1.35 bits per heavy atom. The number of aryl methyl sites for hydroxylation is 1. The molecule has 17 heavy (non-hydrogen) atoms. The molecular formula is C12H12N2O2S. The molecule has 2 aromatic rings. The molecule has 0 bridgehead atoms. The number of aromatic nitrogens is 2. The highest BCUT2D eigenvalue weighted by Gasteiger charge is 2.07. The van der Waals surface area contributed by atoms with Crippen molar-refractivity contribution in [2.24, 2.45) is 0 Å². The largest absolute Gasteiger partial charge is 0.506 e. The lowest BCUT2D eigenvalue weighted by molar-refractivity contribution is 0.460. The van der Waals surface area contributed by atoms with E-state index in [4.69, 9.17) is 0 Å². The zero-order valence-electron chi connectivity index (χ0n) is 9.29. The third-order valence-electron chi connectivity index (χ3n) is 2.41. The van der Waals surface area contributed by atoms with Crippen LogP contribution in [0.1, 0.15) is 11.3 Å². The summed E-state index contributed by atoms with van der Waals surface area (Å²) in [6, 6.07) is 8.57. The molecule has 0 unspecified atom stereocenters. The predicted octanol–water partition coefficient (Wildman–Crippen LogP) is 1.68. The van der Waals surface area contributed by atoms with Crippen molar-refractivity contribution in [3.63, 3.8) is 0 Å². The average molecular weight is 248 g/mol. The second-order valence-corrected chi connectivity index (χ2v) is 4.04. The van der Waals surface area contributed by atoms with Crippen LogP contribution in [0.3, 0.4) is 0 Å². The van der Waals surface area contributed by atoms with E-state index in [9.17, 15) is 9.90 Å². The first-order valence-corrected chi connectivity index (χ1v) is 5.75. The van der Waals surface area contributed by atoms with E-state index in [0.717, 1.165) is 11.6 Å². The highest BCUT2D eigenvalue weighted by Crippen LogP contribution is 2.14. The number of nitrogens with zero attached hydrogens (tertiary/aromatic N) is 2. The minimum atomic E-state index is -0.364. The van der Waals surface area contributed by atoms with Crippen LogP contribution >= 0.6 is 12.6 Å². The van der Waals surface area contributed by atoms with Gasteiger partial charge in [-0.25, -0.2) is 0 Å². The summed E-state index contributed by atoms with van der Waals surface area (Å²) >= 11 is 4.05. The van der Waals surface area contributed by atoms with Gasteiger partial charge in [-0.3, -0.25) is 4.79 Å². The third kappa shape index (κ3) is 2.34. The Labute approximate surface area is 104 Å². The first-order chi connectivity index (χ1) is 8.11. The molecule has 0 fully saturated rings. The summed E-state index contributed by atoms with van der Waals surface area (Å²) in [6.07, 6.45) is 0. The van der Waals surface area contributed by atoms with Gasteiger partial charge in [-0.1, -0.05) is 17.7 Å². The molecule has 4 nitrogen and oxygen atoms in total. The van der Waals surface area contributed by atoms with Crippen molar-refractivity contribution in [2.75, 3.05) is 0 Å². The summed E-state index contributed by atoms with van der Waals surface area (Å²) < 4.78 is 1.25. The molecule has 1 N–H and O–H groups in total. The van der Waals surface area contributed by atoms with Crippen LogP contribution in [-0.4, -0.2) is 14.9 Å². The second kappa shape index (κ2) is 4.63. The van der Waals surface area contributed by atoms with E-state index in [1.54, 1.807) is 0 Å². The first-order valence-electron chi connectivity index (χ1n) is 5.12. The highest BCUT2D eigenvalue weighted by atomic mass is 32.1. The van der Waals surface area contributed by atoms with Crippen LogP contribution in [0.2, 0.25) is 0 Å². The average Bonchev–Trinajstić information content (AvgIpc) is 2.31. The highest BCUT2D eigenvalue weighted by molar-refractivity contribution is 7.79. The van der Waals surface area contributed by atoms with Crippen molar-refractivity contribution in [3.05, 3.63) is 51.9 Å². The van der Waals surface area contributed by atoms with E-state index in [1.165, 1.54) is 4.68 Å². The fourth-order valence-electron chi connectivity index (χ4n) is 1.47. The molecule has 0 spiro atoms. The quantitative estimate of drug-likeness (QED) is 0.795. The lowest BCUT2D eigenvalue weighted by atomic mass is 10.2. The van der Waals surface area contributed by atoms with E-state index >= 15 is 0 Å². The van der Waals surface area contributed by atoms with Gasteiger partial charge in [0.05, 0.1) is 5.69 Å². The van der Waals surface area contributed by atoms with Gasteiger partial charge in [-0.2, -0.15) is 22.4 Å². The second-order valence-electron chi connectivity index (χ2n) is 3.72. The zero-order valence-corrected chi connectivity index (χ0v) is 10.2. The molecule has 0 radical (unpaired) electrons. The van der Waals surface area contributed by atoms with E-state index < -0.39 is 0 Å². The zero-order chi connectivity index (χ0) is 12.4. The minimum absolute atomic E-state index is 0.117. The number of thiol groups is 1. The predicted molar refractivity (Wildman–Crippen MR) is 68.9 cm³/mol. The minimum Gasteiger partial charge on any atom is -0.506 e. The van der Waals surface area contributed by atoms with Crippen molar-refractivity contribution in [3.8, 4) is 11.4 Å². The molecule has 1 heterocycles. The van der Waals surface area contributed by atoms with Crippen LogP contribution in [0.5, 0.6) is 5.75 Å². The molecule has 1 aromatic carbocycles. The fraction of sp³-hybridized carbons (Fsp3) is 0.167. The molecule has 0 saturated carbocycles. The van der Waals surface area contributed by atoms with Crippen molar-refractivity contribution < 1.29 is 5.11 Å². The maximum atomic E-state index is 11.7. The SMILES string of the molecule is Cc1ccc(-n2nc(CS)c(O)cc2=O)cc1. The van der Waals surface area contributed by atoms with Crippen molar-refractivity contribution >= 4 is 12.6 Å². The van der Waals surface area contributed by atoms with Gasteiger partial charge in [0.15, 0.2) is 0 Å². The topological polar surface area (TPSA) is 55.1 Å². The van der Waals surface area contributed by atoms with Gasteiger partial charge in [-0.15, -0.1) is 0 Å². The van der Waals surface area contributed by atoms with Gasteiger partial charge < -0.3 is 5.11 Å². The van der Waals surface area contributed by atoms with Gasteiger partial charge in [-0.05, 0) is 19.1 Å². The van der Waals surface area contributed by atoms with Gasteiger partial charge >= 0.3 is 0 Å². The maximum absolute atomic E-state index is 11.7. The van der Waals surface area contributed by atoms with E-state index in [-0.39, 0.29) is 17.1 Å². The molecule has 0 atom stereocenters. The van der Waals surface area contributed by atoms with E-state index in [2.05, 4.69) is 17.7 Å². The molecule has 0 aliphatic heterocycles. The number of aromatic hydroxyl groups is 1. The van der Waals surface area contributed by atoms with Crippen molar-refractivity contribution in [1.29, 1.82) is 0 Å². The standard InChI is InChI=1S/C12H12N2O2S/c1-8-2-4-9(5-3-8)14-12(16)6-11(15)10(7-17)13-14/h2-6,15,17H,7H2,1H3. The maximum Gasteiger partial charge on any atom is 0.275 e. The monoisotopic (exact) mass is 248 g/mol. The number of rotatable bonds is 2. The van der Waals surface area contributed by atoms with Crippen LogP contribution in [0.15, 0.2) is 35.1 Å². The van der Waals surface area contributed by atoms with Gasteiger partial charge in [0.1, 0.15) is 11.4 Å². The Bertz CT molecular complexity index is 590. The van der Waals surface area contributed by atoms with Crippen molar-refractivity contribution in [1.82, 2.24) is 9.78 Å². The normalized spacial score (nSPS) is 10.5. The molecule has 0 aliphatic rings. The Morgan fingerprint density at radius 3 is 2.59 bits per heavy atom. The first kappa shape index (κ1) is 11.7. The van der Waals surface area contributed by atoms with Gasteiger partial charge in [0.2, 0.25) is 0 Å². The summed E-state index contributed by atoms with van der Waals surface area (Å²) in [5.41, 5.74) is 1.80.